The fraction of sp³-hybridized carbons (Fsp3) is 0.379. The number of fused-ring (bicyclic) bond motifs is 1. The number of furan rings is 1. The molecule has 2 aliphatic rings. The Balaban J connectivity index is 1.36. The average Bonchev–Trinajstić information content (AvgIpc) is 3.67. The van der Waals surface area contributed by atoms with Crippen LogP contribution in [0.1, 0.15) is 21.7 Å². The van der Waals surface area contributed by atoms with Crippen molar-refractivity contribution < 1.29 is 33.0 Å². The van der Waals surface area contributed by atoms with Crippen LogP contribution in [0, 0.1) is 0 Å². The Morgan fingerprint density at radius 3 is 2.56 bits per heavy atom. The van der Waals surface area contributed by atoms with Crippen LogP contribution in [0.25, 0.3) is 0 Å². The Bertz CT molecular complexity index is 1260. The third-order valence-electron chi connectivity index (χ3n) is 6.83. The maximum Gasteiger partial charge on any atom is 0.258 e. The normalized spacial score (nSPS) is 14.7. The number of morpholine rings is 1. The molecule has 1 fully saturated rings. The quantitative estimate of drug-likeness (QED) is 0.370. The SMILES string of the molecule is COc1ccccc1C(=O)N(CCN1CCOCC1)CC(=O)N(Cc1ccc2c(c1)OCO2)Cc1ccco1. The van der Waals surface area contributed by atoms with Gasteiger partial charge in [0.1, 0.15) is 18.1 Å². The summed E-state index contributed by atoms with van der Waals surface area (Å²) in [6, 6.07) is 16.3. The summed E-state index contributed by atoms with van der Waals surface area (Å²) in [6.07, 6.45) is 1.58. The molecule has 2 amide bonds. The highest BCUT2D eigenvalue weighted by Gasteiger charge is 2.26. The van der Waals surface area contributed by atoms with E-state index < -0.39 is 0 Å². The number of methoxy groups -OCH3 is 1. The van der Waals surface area contributed by atoms with Gasteiger partial charge in [-0.3, -0.25) is 14.5 Å². The molecule has 10 nitrogen and oxygen atoms in total. The van der Waals surface area contributed by atoms with E-state index in [4.69, 9.17) is 23.4 Å². The van der Waals surface area contributed by atoms with Crippen LogP contribution >= 0.6 is 0 Å². The highest BCUT2D eigenvalue weighted by molar-refractivity contribution is 5.98. The van der Waals surface area contributed by atoms with E-state index in [1.807, 2.05) is 30.3 Å². The maximum atomic E-state index is 13.8. The topological polar surface area (TPSA) is 93.9 Å². The van der Waals surface area contributed by atoms with E-state index in [0.29, 0.717) is 61.4 Å². The van der Waals surface area contributed by atoms with E-state index in [1.54, 1.807) is 40.3 Å². The summed E-state index contributed by atoms with van der Waals surface area (Å²) in [4.78, 5) is 33.1. The second-order valence-electron chi connectivity index (χ2n) is 9.40. The predicted molar refractivity (Wildman–Crippen MR) is 142 cm³/mol. The van der Waals surface area contributed by atoms with Crippen LogP contribution in [0.15, 0.2) is 65.3 Å². The molecule has 1 saturated heterocycles. The number of para-hydroxylation sites is 1. The van der Waals surface area contributed by atoms with Crippen LogP contribution in [-0.4, -0.2) is 86.4 Å². The molecule has 3 aromatic rings. The van der Waals surface area contributed by atoms with E-state index in [2.05, 4.69) is 4.90 Å². The van der Waals surface area contributed by atoms with Crippen molar-refractivity contribution in [2.24, 2.45) is 0 Å². The van der Waals surface area contributed by atoms with Gasteiger partial charge in [-0.1, -0.05) is 18.2 Å². The largest absolute Gasteiger partial charge is 0.496 e. The van der Waals surface area contributed by atoms with Crippen molar-refractivity contribution in [2.45, 2.75) is 13.1 Å². The number of rotatable bonds is 11. The van der Waals surface area contributed by atoms with Crippen LogP contribution in [0.4, 0.5) is 0 Å². The fourth-order valence-electron chi connectivity index (χ4n) is 4.68. The highest BCUT2D eigenvalue weighted by atomic mass is 16.7. The number of hydrogen-bond donors (Lipinski definition) is 0. The lowest BCUT2D eigenvalue weighted by atomic mass is 10.1. The lowest BCUT2D eigenvalue weighted by Gasteiger charge is -2.31. The van der Waals surface area contributed by atoms with Gasteiger partial charge in [0, 0.05) is 32.7 Å². The van der Waals surface area contributed by atoms with E-state index in [1.165, 1.54) is 7.11 Å². The highest BCUT2D eigenvalue weighted by Crippen LogP contribution is 2.33. The molecule has 39 heavy (non-hydrogen) atoms. The molecule has 0 saturated carbocycles. The van der Waals surface area contributed by atoms with E-state index >= 15 is 0 Å². The minimum Gasteiger partial charge on any atom is -0.496 e. The maximum absolute atomic E-state index is 13.8. The molecule has 2 aromatic carbocycles. The minimum absolute atomic E-state index is 0.0908. The molecule has 206 valence electrons. The third-order valence-corrected chi connectivity index (χ3v) is 6.83. The molecule has 0 atom stereocenters. The van der Waals surface area contributed by atoms with Crippen LogP contribution in [0.3, 0.4) is 0 Å². The van der Waals surface area contributed by atoms with Gasteiger partial charge in [-0.15, -0.1) is 0 Å². The van der Waals surface area contributed by atoms with Crippen molar-refractivity contribution >= 4 is 11.8 Å². The van der Waals surface area contributed by atoms with E-state index in [9.17, 15) is 9.59 Å². The van der Waals surface area contributed by atoms with Gasteiger partial charge in [-0.25, -0.2) is 0 Å². The minimum atomic E-state index is -0.255. The van der Waals surface area contributed by atoms with Gasteiger partial charge < -0.3 is 33.2 Å². The van der Waals surface area contributed by atoms with Gasteiger partial charge in [-0.05, 0) is 42.0 Å². The molecule has 10 heteroatoms. The Morgan fingerprint density at radius 1 is 0.949 bits per heavy atom. The lowest BCUT2D eigenvalue weighted by Crippen LogP contribution is -2.47. The summed E-state index contributed by atoms with van der Waals surface area (Å²) in [7, 11) is 1.53. The first-order chi connectivity index (χ1) is 19.1. The Morgan fingerprint density at radius 2 is 1.77 bits per heavy atom. The van der Waals surface area contributed by atoms with Gasteiger partial charge in [0.2, 0.25) is 12.7 Å². The van der Waals surface area contributed by atoms with Crippen LogP contribution in [-0.2, 0) is 22.6 Å². The standard InChI is InChI=1S/C29H33N3O7/c1-35-25-7-3-2-6-24(25)29(34)31(11-10-30-12-15-36-16-13-30)20-28(33)32(19-23-5-4-14-37-23)18-22-8-9-26-27(17-22)39-21-38-26/h2-9,14,17H,10-13,15-16,18-21H2,1H3. The number of carbonyl (C=O) groups is 2. The van der Waals surface area contributed by atoms with Crippen molar-refractivity contribution in [2.75, 3.05) is 59.8 Å². The van der Waals surface area contributed by atoms with Crippen molar-refractivity contribution in [1.29, 1.82) is 0 Å². The molecule has 2 aliphatic heterocycles. The van der Waals surface area contributed by atoms with Crippen molar-refractivity contribution in [1.82, 2.24) is 14.7 Å². The third kappa shape index (κ3) is 6.71. The van der Waals surface area contributed by atoms with Gasteiger partial charge in [0.25, 0.3) is 5.91 Å². The summed E-state index contributed by atoms with van der Waals surface area (Å²) in [5, 5.41) is 0. The molecule has 1 aromatic heterocycles. The molecule has 0 bridgehead atoms. The molecule has 0 N–H and O–H groups in total. The van der Waals surface area contributed by atoms with E-state index in [-0.39, 0.29) is 31.7 Å². The first kappa shape index (κ1) is 26.6. The zero-order chi connectivity index (χ0) is 27.0. The van der Waals surface area contributed by atoms with Gasteiger partial charge in [0.15, 0.2) is 11.5 Å². The number of ether oxygens (including phenoxy) is 4. The molecule has 0 spiro atoms. The second kappa shape index (κ2) is 12.7. The molecule has 0 unspecified atom stereocenters. The Kier molecular flexibility index (Phi) is 8.65. The van der Waals surface area contributed by atoms with Gasteiger partial charge in [-0.2, -0.15) is 0 Å². The summed E-state index contributed by atoms with van der Waals surface area (Å²) < 4.78 is 27.4. The number of amides is 2. The number of carbonyl (C=O) groups excluding carboxylic acids is 2. The summed E-state index contributed by atoms with van der Waals surface area (Å²) >= 11 is 0. The van der Waals surface area contributed by atoms with Crippen LogP contribution in [0.2, 0.25) is 0 Å². The van der Waals surface area contributed by atoms with Crippen LogP contribution in [0.5, 0.6) is 17.2 Å². The molecule has 5 rings (SSSR count). The smallest absolute Gasteiger partial charge is 0.258 e. The van der Waals surface area contributed by atoms with Crippen molar-refractivity contribution in [3.8, 4) is 17.2 Å². The van der Waals surface area contributed by atoms with Gasteiger partial charge in [0.05, 0.1) is 38.7 Å². The number of nitrogens with zero attached hydrogens (tertiary/aromatic N) is 3. The molecular weight excluding hydrogens is 502 g/mol. The van der Waals surface area contributed by atoms with Gasteiger partial charge >= 0.3 is 0 Å². The molecular formula is C29H33N3O7. The monoisotopic (exact) mass is 535 g/mol. The summed E-state index contributed by atoms with van der Waals surface area (Å²) in [6.45, 7) is 4.59. The Hall–Kier alpha value is -4.02. The lowest BCUT2D eigenvalue weighted by molar-refractivity contribution is -0.133. The zero-order valence-electron chi connectivity index (χ0n) is 22.0. The zero-order valence-corrected chi connectivity index (χ0v) is 22.0. The summed E-state index contributed by atoms with van der Waals surface area (Å²) in [5.41, 5.74) is 1.30. The molecule has 3 heterocycles. The first-order valence-corrected chi connectivity index (χ1v) is 13.0. The van der Waals surface area contributed by atoms with E-state index in [0.717, 1.165) is 18.7 Å². The summed E-state index contributed by atoms with van der Waals surface area (Å²) in [5.74, 6) is 2.00. The predicted octanol–water partition coefficient (Wildman–Crippen LogP) is 3.02. The molecule has 0 radical (unpaired) electrons. The van der Waals surface area contributed by atoms with Crippen molar-refractivity contribution in [3.05, 3.63) is 77.7 Å². The number of benzene rings is 2. The average molecular weight is 536 g/mol. The molecule has 0 aliphatic carbocycles. The fourth-order valence-corrected chi connectivity index (χ4v) is 4.68. The Labute approximate surface area is 227 Å². The van der Waals surface area contributed by atoms with Crippen LogP contribution < -0.4 is 14.2 Å². The number of hydrogen-bond acceptors (Lipinski definition) is 8. The second-order valence-corrected chi connectivity index (χ2v) is 9.40. The van der Waals surface area contributed by atoms with Crippen molar-refractivity contribution in [3.63, 3.8) is 0 Å². The first-order valence-electron chi connectivity index (χ1n) is 13.0.